The number of ether oxygens (including phenoxy) is 2. The van der Waals surface area contributed by atoms with E-state index in [1.165, 1.54) is 11.3 Å². The van der Waals surface area contributed by atoms with Gasteiger partial charge in [0.25, 0.3) is 5.91 Å². The number of halogens is 1. The van der Waals surface area contributed by atoms with Crippen LogP contribution in [0.15, 0.2) is 42.6 Å². The van der Waals surface area contributed by atoms with Crippen molar-refractivity contribution >= 4 is 39.2 Å². The second-order valence-corrected chi connectivity index (χ2v) is 10.5. The molecular formula is C26H28ClN5O4S. The Morgan fingerprint density at radius 1 is 1.27 bits per heavy atom. The zero-order valence-electron chi connectivity index (χ0n) is 20.6. The second kappa shape index (κ2) is 11.1. The van der Waals surface area contributed by atoms with Gasteiger partial charge < -0.3 is 14.0 Å². The third-order valence-electron chi connectivity index (χ3n) is 6.77. The number of aryl methyl sites for hydroxylation is 1. The third kappa shape index (κ3) is 5.42. The largest absolute Gasteiger partial charge is 0.493 e. The zero-order valence-corrected chi connectivity index (χ0v) is 22.2. The molecule has 194 valence electrons. The molecule has 1 aromatic carbocycles. The van der Waals surface area contributed by atoms with Crippen molar-refractivity contribution in [3.05, 3.63) is 69.6 Å². The van der Waals surface area contributed by atoms with E-state index >= 15 is 0 Å². The van der Waals surface area contributed by atoms with Gasteiger partial charge in [-0.25, -0.2) is 10.5 Å². The van der Waals surface area contributed by atoms with Gasteiger partial charge in [-0.3, -0.25) is 19.9 Å². The fourth-order valence-electron chi connectivity index (χ4n) is 4.74. The lowest BCUT2D eigenvalue weighted by Crippen LogP contribution is -2.33. The number of nitrogens with one attached hydrogen (secondary N) is 1. The molecule has 0 radical (unpaired) electrons. The minimum absolute atomic E-state index is 0.335. The number of thiophene rings is 1. The molecule has 0 atom stereocenters. The molecule has 1 aliphatic rings. The number of aromatic nitrogens is 3. The van der Waals surface area contributed by atoms with Gasteiger partial charge in [-0.1, -0.05) is 23.7 Å². The van der Waals surface area contributed by atoms with Gasteiger partial charge in [0, 0.05) is 18.8 Å². The molecule has 37 heavy (non-hydrogen) atoms. The standard InChI is InChI=1S/C26H28ClN5O4S/c1-31-20-12-22(25(33)30-34)37-26(20)29-23(31)14-32-10-8-16(9-11-32)19-4-3-5-21(35-2)24(19)36-15-18-7-6-17(27)13-28-18/h3-7,12-13,16,34H,8-11,14-15H2,1-2H3,(H,30,33). The van der Waals surface area contributed by atoms with Gasteiger partial charge in [-0.15, -0.1) is 11.3 Å². The summed E-state index contributed by atoms with van der Waals surface area (Å²) < 4.78 is 13.9. The number of likely N-dealkylation sites (tertiary alicyclic amines) is 1. The number of hydroxylamine groups is 1. The number of hydrogen-bond acceptors (Lipinski definition) is 8. The zero-order chi connectivity index (χ0) is 25.9. The highest BCUT2D eigenvalue weighted by Gasteiger charge is 2.26. The summed E-state index contributed by atoms with van der Waals surface area (Å²) in [5, 5.41) is 9.48. The Morgan fingerprint density at radius 2 is 2.08 bits per heavy atom. The highest BCUT2D eigenvalue weighted by atomic mass is 35.5. The van der Waals surface area contributed by atoms with E-state index in [-0.39, 0.29) is 0 Å². The monoisotopic (exact) mass is 541 g/mol. The number of hydrogen-bond donors (Lipinski definition) is 2. The minimum atomic E-state index is -0.517. The lowest BCUT2D eigenvalue weighted by molar-refractivity contribution is 0.0711. The topological polar surface area (TPSA) is 102 Å². The predicted molar refractivity (Wildman–Crippen MR) is 142 cm³/mol. The number of para-hydroxylation sites is 1. The first-order valence-corrected chi connectivity index (χ1v) is 13.2. The van der Waals surface area contributed by atoms with Gasteiger partial charge in [0.1, 0.15) is 17.3 Å². The highest BCUT2D eigenvalue weighted by Crippen LogP contribution is 2.40. The van der Waals surface area contributed by atoms with E-state index in [0.717, 1.165) is 71.4 Å². The molecule has 3 aromatic heterocycles. The fraction of sp³-hybridized carbons (Fsp3) is 0.346. The molecule has 4 aromatic rings. The van der Waals surface area contributed by atoms with E-state index in [2.05, 4.69) is 16.0 Å². The molecule has 9 nitrogen and oxygen atoms in total. The van der Waals surface area contributed by atoms with E-state index in [9.17, 15) is 4.79 Å². The van der Waals surface area contributed by atoms with Crippen LogP contribution in [0.4, 0.5) is 0 Å². The summed E-state index contributed by atoms with van der Waals surface area (Å²) in [5.74, 6) is 2.28. The average molecular weight is 542 g/mol. The molecule has 2 N–H and O–H groups in total. The van der Waals surface area contributed by atoms with Crippen LogP contribution < -0.4 is 15.0 Å². The molecule has 0 bridgehead atoms. The Labute approximate surface area is 223 Å². The number of amides is 1. The predicted octanol–water partition coefficient (Wildman–Crippen LogP) is 4.77. The van der Waals surface area contributed by atoms with Crippen molar-refractivity contribution in [1.82, 2.24) is 24.9 Å². The first-order chi connectivity index (χ1) is 18.0. The van der Waals surface area contributed by atoms with E-state index in [1.54, 1.807) is 24.9 Å². The van der Waals surface area contributed by atoms with Crippen LogP contribution in [0.25, 0.3) is 10.3 Å². The number of methoxy groups -OCH3 is 1. The molecule has 4 heterocycles. The number of rotatable bonds is 8. The molecule has 0 aliphatic carbocycles. The van der Waals surface area contributed by atoms with Crippen molar-refractivity contribution in [2.75, 3.05) is 20.2 Å². The quantitative estimate of drug-likeness (QED) is 0.245. The number of benzene rings is 1. The molecule has 0 unspecified atom stereocenters. The summed E-state index contributed by atoms with van der Waals surface area (Å²) in [6.07, 6.45) is 3.60. The molecular weight excluding hydrogens is 514 g/mol. The lowest BCUT2D eigenvalue weighted by atomic mass is 9.88. The Morgan fingerprint density at radius 3 is 2.76 bits per heavy atom. The van der Waals surface area contributed by atoms with Crippen molar-refractivity contribution in [1.29, 1.82) is 0 Å². The molecule has 1 saturated heterocycles. The molecule has 0 spiro atoms. The van der Waals surface area contributed by atoms with Gasteiger partial charge in [0.2, 0.25) is 0 Å². The number of piperidine rings is 1. The maximum Gasteiger partial charge on any atom is 0.284 e. The number of fused-ring (bicyclic) bond motifs is 1. The number of pyridine rings is 1. The van der Waals surface area contributed by atoms with Gasteiger partial charge in [0.15, 0.2) is 11.5 Å². The van der Waals surface area contributed by atoms with E-state index in [0.29, 0.717) is 22.4 Å². The summed E-state index contributed by atoms with van der Waals surface area (Å²) in [7, 11) is 3.62. The first kappa shape index (κ1) is 25.5. The molecule has 11 heteroatoms. The van der Waals surface area contributed by atoms with Crippen LogP contribution in [0.2, 0.25) is 5.02 Å². The third-order valence-corrected chi connectivity index (χ3v) is 8.01. The number of nitrogens with zero attached hydrogens (tertiary/aromatic N) is 4. The Balaban J connectivity index is 1.25. The fourth-order valence-corrected chi connectivity index (χ4v) is 5.82. The summed E-state index contributed by atoms with van der Waals surface area (Å²) in [6.45, 7) is 2.93. The molecule has 0 saturated carbocycles. The molecule has 1 fully saturated rings. The summed E-state index contributed by atoms with van der Waals surface area (Å²) in [5.41, 5.74) is 4.52. The normalized spacial score (nSPS) is 14.7. The lowest BCUT2D eigenvalue weighted by Gasteiger charge is -2.32. The van der Waals surface area contributed by atoms with E-state index in [4.69, 9.17) is 31.3 Å². The van der Waals surface area contributed by atoms with Crippen LogP contribution in [-0.2, 0) is 20.2 Å². The molecule has 1 aliphatic heterocycles. The summed E-state index contributed by atoms with van der Waals surface area (Å²) in [6, 6.07) is 11.5. The first-order valence-electron chi connectivity index (χ1n) is 12.0. The maximum atomic E-state index is 11.7. The van der Waals surface area contributed by atoms with E-state index < -0.39 is 5.91 Å². The van der Waals surface area contributed by atoms with Crippen molar-refractivity contribution in [3.8, 4) is 11.5 Å². The van der Waals surface area contributed by atoms with Crippen LogP contribution in [-0.4, -0.2) is 50.7 Å². The Kier molecular flexibility index (Phi) is 7.61. The Hall–Kier alpha value is -3.18. The van der Waals surface area contributed by atoms with Crippen LogP contribution in [0.1, 0.15) is 45.5 Å². The minimum Gasteiger partial charge on any atom is -0.493 e. The summed E-state index contributed by atoms with van der Waals surface area (Å²) >= 11 is 7.23. The highest BCUT2D eigenvalue weighted by molar-refractivity contribution is 7.20. The van der Waals surface area contributed by atoms with Crippen LogP contribution >= 0.6 is 22.9 Å². The molecule has 1 amide bonds. The van der Waals surface area contributed by atoms with Crippen molar-refractivity contribution in [2.45, 2.75) is 31.9 Å². The Bertz CT molecular complexity index is 1400. The smallest absolute Gasteiger partial charge is 0.284 e. The number of imidazole rings is 1. The SMILES string of the molecule is COc1cccc(C2CCN(Cc3nc4sc(C(=O)NO)cc4n3C)CC2)c1OCc1ccc(Cl)cn1. The summed E-state index contributed by atoms with van der Waals surface area (Å²) in [4.78, 5) is 24.4. The van der Waals surface area contributed by atoms with Crippen molar-refractivity contribution in [3.63, 3.8) is 0 Å². The van der Waals surface area contributed by atoms with Gasteiger partial charge >= 0.3 is 0 Å². The van der Waals surface area contributed by atoms with Crippen molar-refractivity contribution in [2.24, 2.45) is 7.05 Å². The van der Waals surface area contributed by atoms with Crippen molar-refractivity contribution < 1.29 is 19.5 Å². The van der Waals surface area contributed by atoms with E-state index in [1.807, 2.05) is 35.9 Å². The van der Waals surface area contributed by atoms with Crippen LogP contribution in [0.5, 0.6) is 11.5 Å². The van der Waals surface area contributed by atoms with Crippen LogP contribution in [0.3, 0.4) is 0 Å². The number of carbonyl (C=O) groups excluding carboxylic acids is 1. The molecule has 5 rings (SSSR count). The van der Waals surface area contributed by atoms with Gasteiger partial charge in [0.05, 0.1) is 34.8 Å². The van der Waals surface area contributed by atoms with Gasteiger partial charge in [-0.2, -0.15) is 0 Å². The average Bonchev–Trinajstić information content (AvgIpc) is 3.47. The maximum absolute atomic E-state index is 11.7. The van der Waals surface area contributed by atoms with Gasteiger partial charge in [-0.05, 0) is 56.1 Å². The number of carbonyl (C=O) groups is 1. The van der Waals surface area contributed by atoms with Crippen LogP contribution in [0, 0.1) is 0 Å². The second-order valence-electron chi connectivity index (χ2n) is 9.01.